The Labute approximate surface area is 112 Å². The minimum Gasteiger partial charge on any atom is -0.480 e. The molecular weight excluding hydrogens is 242 g/mol. The maximum Gasteiger partial charge on any atom is 0.319 e. The van der Waals surface area contributed by atoms with Crippen molar-refractivity contribution in [3.8, 4) is 0 Å². The zero-order valence-electron chi connectivity index (χ0n) is 11.3. The molecule has 1 aliphatic carbocycles. The van der Waals surface area contributed by atoms with Crippen LogP contribution in [0.4, 0.5) is 0 Å². The lowest BCUT2D eigenvalue weighted by Crippen LogP contribution is -2.55. The molecule has 19 heavy (non-hydrogen) atoms. The molecule has 1 amide bonds. The summed E-state index contributed by atoms with van der Waals surface area (Å²) in [7, 11) is 0. The Morgan fingerprint density at radius 2 is 1.79 bits per heavy atom. The molecule has 0 radical (unpaired) electrons. The average Bonchev–Trinajstić information content (AvgIpc) is 2.27. The third-order valence-corrected chi connectivity index (χ3v) is 3.97. The Kier molecular flexibility index (Phi) is 3.35. The Hall–Kier alpha value is -1.84. The SMILES string of the molecule is CC(C)(NC(=O)C1(C(=O)O)CCC1)c1ccccc1. The van der Waals surface area contributed by atoms with Gasteiger partial charge in [-0.1, -0.05) is 36.8 Å². The summed E-state index contributed by atoms with van der Waals surface area (Å²) < 4.78 is 0. The summed E-state index contributed by atoms with van der Waals surface area (Å²) in [6.07, 6.45) is 1.66. The third-order valence-electron chi connectivity index (χ3n) is 3.97. The van der Waals surface area contributed by atoms with Crippen LogP contribution >= 0.6 is 0 Å². The first-order valence-corrected chi connectivity index (χ1v) is 6.50. The minimum atomic E-state index is -1.22. The van der Waals surface area contributed by atoms with Crippen LogP contribution in [0.25, 0.3) is 0 Å². The number of carbonyl (C=O) groups is 2. The van der Waals surface area contributed by atoms with E-state index in [2.05, 4.69) is 5.32 Å². The van der Waals surface area contributed by atoms with Crippen molar-refractivity contribution in [1.29, 1.82) is 0 Å². The van der Waals surface area contributed by atoms with Gasteiger partial charge in [-0.2, -0.15) is 0 Å². The van der Waals surface area contributed by atoms with Crippen molar-refractivity contribution in [2.75, 3.05) is 0 Å². The molecule has 2 N–H and O–H groups in total. The number of carbonyl (C=O) groups excluding carboxylic acids is 1. The smallest absolute Gasteiger partial charge is 0.319 e. The first-order chi connectivity index (χ1) is 8.88. The van der Waals surface area contributed by atoms with Crippen LogP contribution in [0.2, 0.25) is 0 Å². The van der Waals surface area contributed by atoms with E-state index < -0.39 is 16.9 Å². The molecular formula is C15H19NO3. The summed E-state index contributed by atoms with van der Waals surface area (Å²) in [6.45, 7) is 3.77. The Bertz CT molecular complexity index is 489. The van der Waals surface area contributed by atoms with E-state index in [1.165, 1.54) is 0 Å². The van der Waals surface area contributed by atoms with Crippen molar-refractivity contribution in [2.24, 2.45) is 5.41 Å². The number of nitrogens with one attached hydrogen (secondary N) is 1. The molecule has 4 nitrogen and oxygen atoms in total. The van der Waals surface area contributed by atoms with Gasteiger partial charge in [0.05, 0.1) is 5.54 Å². The molecule has 0 spiro atoms. The lowest BCUT2D eigenvalue weighted by molar-refractivity contribution is -0.162. The van der Waals surface area contributed by atoms with E-state index in [0.717, 1.165) is 12.0 Å². The molecule has 0 aromatic heterocycles. The maximum atomic E-state index is 12.3. The molecule has 4 heteroatoms. The number of carboxylic acids is 1. The fourth-order valence-corrected chi connectivity index (χ4v) is 2.40. The van der Waals surface area contributed by atoms with Crippen LogP contribution in [0.1, 0.15) is 38.7 Å². The molecule has 1 fully saturated rings. The summed E-state index contributed by atoms with van der Waals surface area (Å²) in [5, 5.41) is 12.1. The van der Waals surface area contributed by atoms with E-state index in [1.807, 2.05) is 44.2 Å². The molecule has 1 aromatic carbocycles. The first-order valence-electron chi connectivity index (χ1n) is 6.50. The van der Waals surface area contributed by atoms with Crippen molar-refractivity contribution < 1.29 is 14.7 Å². The number of aliphatic carboxylic acids is 1. The Morgan fingerprint density at radius 1 is 1.21 bits per heavy atom. The van der Waals surface area contributed by atoms with Gasteiger partial charge in [0.2, 0.25) is 5.91 Å². The van der Waals surface area contributed by atoms with Crippen molar-refractivity contribution in [1.82, 2.24) is 5.32 Å². The highest BCUT2D eigenvalue weighted by Crippen LogP contribution is 2.42. The fraction of sp³-hybridized carbons (Fsp3) is 0.467. The number of hydrogen-bond donors (Lipinski definition) is 2. The topological polar surface area (TPSA) is 66.4 Å². The number of carboxylic acid groups (broad SMARTS) is 1. The molecule has 0 heterocycles. The predicted molar refractivity (Wildman–Crippen MR) is 71.5 cm³/mol. The average molecular weight is 261 g/mol. The van der Waals surface area contributed by atoms with Crippen LogP contribution in [0, 0.1) is 5.41 Å². The lowest BCUT2D eigenvalue weighted by atomic mass is 9.67. The fourth-order valence-electron chi connectivity index (χ4n) is 2.40. The first kappa shape index (κ1) is 13.6. The number of hydrogen-bond acceptors (Lipinski definition) is 2. The van der Waals surface area contributed by atoms with E-state index in [-0.39, 0.29) is 5.91 Å². The number of rotatable bonds is 4. The summed E-state index contributed by atoms with van der Waals surface area (Å²) in [6, 6.07) is 9.56. The van der Waals surface area contributed by atoms with Gasteiger partial charge in [-0.15, -0.1) is 0 Å². The van der Waals surface area contributed by atoms with Crippen LogP contribution in [-0.2, 0) is 15.1 Å². The zero-order valence-corrected chi connectivity index (χ0v) is 11.3. The van der Waals surface area contributed by atoms with Gasteiger partial charge in [-0.25, -0.2) is 0 Å². The summed E-state index contributed by atoms with van der Waals surface area (Å²) in [5.41, 5.74) is -0.828. The maximum absolute atomic E-state index is 12.3. The quantitative estimate of drug-likeness (QED) is 0.817. The second-order valence-corrected chi connectivity index (χ2v) is 5.69. The summed E-state index contributed by atoms with van der Waals surface area (Å²) in [5.74, 6) is -1.39. The number of benzene rings is 1. The zero-order chi connectivity index (χ0) is 14.1. The van der Waals surface area contributed by atoms with Gasteiger partial charge < -0.3 is 10.4 Å². The van der Waals surface area contributed by atoms with Crippen molar-refractivity contribution >= 4 is 11.9 Å². The van der Waals surface area contributed by atoms with Crippen molar-refractivity contribution in [3.63, 3.8) is 0 Å². The van der Waals surface area contributed by atoms with E-state index in [4.69, 9.17) is 0 Å². The van der Waals surface area contributed by atoms with Gasteiger partial charge in [-0.05, 0) is 32.3 Å². The van der Waals surface area contributed by atoms with Crippen molar-refractivity contribution in [3.05, 3.63) is 35.9 Å². The monoisotopic (exact) mass is 261 g/mol. The summed E-state index contributed by atoms with van der Waals surface area (Å²) in [4.78, 5) is 23.6. The molecule has 102 valence electrons. The Balaban J connectivity index is 2.17. The molecule has 0 bridgehead atoms. The van der Waals surface area contributed by atoms with Crippen molar-refractivity contribution in [2.45, 2.75) is 38.6 Å². The van der Waals surface area contributed by atoms with E-state index in [1.54, 1.807) is 0 Å². The normalized spacial score (nSPS) is 17.4. The third kappa shape index (κ3) is 2.35. The van der Waals surface area contributed by atoms with Gasteiger partial charge in [-0.3, -0.25) is 9.59 Å². The standard InChI is InChI=1S/C15H19NO3/c1-14(2,11-7-4-3-5-8-11)16-12(17)15(13(18)19)9-6-10-15/h3-5,7-8H,6,9-10H2,1-2H3,(H,16,17)(H,18,19). The van der Waals surface area contributed by atoms with Gasteiger partial charge in [0.15, 0.2) is 0 Å². The molecule has 0 atom stereocenters. The second kappa shape index (κ2) is 4.68. The van der Waals surface area contributed by atoms with Gasteiger partial charge in [0.25, 0.3) is 0 Å². The van der Waals surface area contributed by atoms with Crippen LogP contribution in [0.3, 0.4) is 0 Å². The minimum absolute atomic E-state index is 0.375. The highest BCUT2D eigenvalue weighted by Gasteiger charge is 2.52. The van der Waals surface area contributed by atoms with Gasteiger partial charge >= 0.3 is 5.97 Å². The van der Waals surface area contributed by atoms with Crippen LogP contribution in [-0.4, -0.2) is 17.0 Å². The highest BCUT2D eigenvalue weighted by atomic mass is 16.4. The van der Waals surface area contributed by atoms with Crippen LogP contribution < -0.4 is 5.32 Å². The van der Waals surface area contributed by atoms with Gasteiger partial charge in [0.1, 0.15) is 5.41 Å². The Morgan fingerprint density at radius 3 is 2.21 bits per heavy atom. The molecule has 2 rings (SSSR count). The summed E-state index contributed by atoms with van der Waals surface area (Å²) >= 11 is 0. The lowest BCUT2D eigenvalue weighted by Gasteiger charge is -2.39. The molecule has 0 saturated heterocycles. The van der Waals surface area contributed by atoms with E-state index in [9.17, 15) is 14.7 Å². The molecule has 0 unspecified atom stereocenters. The highest BCUT2D eigenvalue weighted by molar-refractivity contribution is 6.03. The van der Waals surface area contributed by atoms with E-state index in [0.29, 0.717) is 12.8 Å². The van der Waals surface area contributed by atoms with Gasteiger partial charge in [0, 0.05) is 0 Å². The number of amides is 1. The molecule has 1 aliphatic rings. The molecule has 1 saturated carbocycles. The largest absolute Gasteiger partial charge is 0.480 e. The predicted octanol–water partition coefficient (Wildman–Crippen LogP) is 2.29. The van der Waals surface area contributed by atoms with E-state index >= 15 is 0 Å². The van der Waals surface area contributed by atoms with Crippen LogP contribution in [0.15, 0.2) is 30.3 Å². The molecule has 0 aliphatic heterocycles. The molecule has 1 aromatic rings. The second-order valence-electron chi connectivity index (χ2n) is 5.69. The van der Waals surface area contributed by atoms with Crippen LogP contribution in [0.5, 0.6) is 0 Å².